The van der Waals surface area contributed by atoms with Crippen molar-refractivity contribution in [3.63, 3.8) is 0 Å². The number of benzene rings is 2. The number of nitrogens with zero attached hydrogens (tertiary/aromatic N) is 1. The standard InChI is InChI=1S/C23H27N3O3S/c27-23(19-10-9-17-6-3-4-7-18(17)16-19)25-20-11-13-21(14-12-20)30(28,29)26-22-8-2-1-5-15-24-22/h9-14,16H,1-8,15H2,(H,24,26)(H,25,27). The highest BCUT2D eigenvalue weighted by molar-refractivity contribution is 7.90. The minimum Gasteiger partial charge on any atom is -0.322 e. The number of hydrogen-bond acceptors (Lipinski definition) is 4. The van der Waals surface area contributed by atoms with Crippen molar-refractivity contribution < 1.29 is 13.2 Å². The molecule has 2 aliphatic rings. The van der Waals surface area contributed by atoms with E-state index in [4.69, 9.17) is 0 Å². The summed E-state index contributed by atoms with van der Waals surface area (Å²) in [5.41, 5.74) is 3.77. The van der Waals surface area contributed by atoms with Crippen LogP contribution in [0.1, 0.15) is 60.0 Å². The first-order valence-electron chi connectivity index (χ1n) is 10.6. The second kappa shape index (κ2) is 9.00. The molecule has 0 aromatic heterocycles. The highest BCUT2D eigenvalue weighted by atomic mass is 32.2. The molecule has 0 unspecified atom stereocenters. The Hall–Kier alpha value is -2.67. The summed E-state index contributed by atoms with van der Waals surface area (Å²) in [6, 6.07) is 12.1. The summed E-state index contributed by atoms with van der Waals surface area (Å²) >= 11 is 0. The van der Waals surface area contributed by atoms with Gasteiger partial charge in [0.05, 0.1) is 4.90 Å². The summed E-state index contributed by atoms with van der Waals surface area (Å²) in [5, 5.41) is 2.86. The average molecular weight is 426 g/mol. The number of hydrogen-bond donors (Lipinski definition) is 2. The highest BCUT2D eigenvalue weighted by Gasteiger charge is 2.18. The Kier molecular flexibility index (Phi) is 6.18. The first kappa shape index (κ1) is 20.6. The summed E-state index contributed by atoms with van der Waals surface area (Å²) in [6.07, 6.45) is 8.10. The second-order valence-corrected chi connectivity index (χ2v) is 9.60. The fraction of sp³-hybridized carbons (Fsp3) is 0.391. The van der Waals surface area contributed by atoms with Crippen molar-refractivity contribution in [3.8, 4) is 0 Å². The van der Waals surface area contributed by atoms with E-state index in [2.05, 4.69) is 15.0 Å². The maximum absolute atomic E-state index is 12.6. The molecule has 0 saturated carbocycles. The minimum absolute atomic E-state index is 0.154. The molecule has 0 radical (unpaired) electrons. The quantitative estimate of drug-likeness (QED) is 0.774. The zero-order valence-electron chi connectivity index (χ0n) is 17.0. The van der Waals surface area contributed by atoms with Crippen molar-refractivity contribution in [3.05, 3.63) is 59.2 Å². The molecule has 2 aromatic carbocycles. The molecular formula is C23H27N3O3S. The first-order valence-corrected chi connectivity index (χ1v) is 12.1. The fourth-order valence-corrected chi connectivity index (χ4v) is 5.06. The molecule has 4 rings (SSSR count). The van der Waals surface area contributed by atoms with Gasteiger partial charge in [-0.1, -0.05) is 12.5 Å². The molecule has 0 fully saturated rings. The van der Waals surface area contributed by atoms with Gasteiger partial charge < -0.3 is 5.32 Å². The Morgan fingerprint density at radius 2 is 1.57 bits per heavy atom. The molecule has 0 spiro atoms. The molecule has 0 atom stereocenters. The lowest BCUT2D eigenvalue weighted by atomic mass is 9.90. The predicted octanol–water partition coefficient (Wildman–Crippen LogP) is 4.07. The number of rotatable bonds is 4. The van der Waals surface area contributed by atoms with Gasteiger partial charge >= 0.3 is 0 Å². The Bertz CT molecular complexity index is 1060. The van der Waals surface area contributed by atoms with Crippen LogP contribution in [0, 0.1) is 0 Å². The number of amidine groups is 1. The summed E-state index contributed by atoms with van der Waals surface area (Å²) in [5.74, 6) is 0.335. The lowest BCUT2D eigenvalue weighted by Gasteiger charge is -2.16. The van der Waals surface area contributed by atoms with E-state index in [-0.39, 0.29) is 10.8 Å². The van der Waals surface area contributed by atoms with Crippen LogP contribution in [0.4, 0.5) is 5.69 Å². The normalized spacial score (nSPS) is 16.7. The van der Waals surface area contributed by atoms with Crippen LogP contribution in [0.2, 0.25) is 0 Å². The van der Waals surface area contributed by atoms with Crippen molar-refractivity contribution in [2.24, 2.45) is 4.99 Å². The van der Waals surface area contributed by atoms with Gasteiger partial charge in [-0.25, -0.2) is 8.42 Å². The third kappa shape index (κ3) is 4.90. The summed E-state index contributed by atoms with van der Waals surface area (Å²) in [7, 11) is -3.68. The van der Waals surface area contributed by atoms with Gasteiger partial charge in [0.25, 0.3) is 15.9 Å². The van der Waals surface area contributed by atoms with Gasteiger partial charge in [0.15, 0.2) is 0 Å². The Morgan fingerprint density at radius 1 is 0.833 bits per heavy atom. The number of sulfonamides is 1. The van der Waals surface area contributed by atoms with Crippen LogP contribution >= 0.6 is 0 Å². The number of fused-ring (bicyclic) bond motifs is 1. The van der Waals surface area contributed by atoms with E-state index >= 15 is 0 Å². The van der Waals surface area contributed by atoms with Crippen LogP contribution in [-0.2, 0) is 22.9 Å². The van der Waals surface area contributed by atoms with E-state index < -0.39 is 10.0 Å². The smallest absolute Gasteiger partial charge is 0.262 e. The number of nitrogens with one attached hydrogen (secondary N) is 2. The van der Waals surface area contributed by atoms with Crippen LogP contribution in [-0.4, -0.2) is 26.7 Å². The van der Waals surface area contributed by atoms with Gasteiger partial charge in [0.1, 0.15) is 5.84 Å². The molecule has 0 saturated heterocycles. The largest absolute Gasteiger partial charge is 0.322 e. The van der Waals surface area contributed by atoms with Crippen LogP contribution in [0.15, 0.2) is 52.4 Å². The lowest BCUT2D eigenvalue weighted by molar-refractivity contribution is 0.102. The van der Waals surface area contributed by atoms with Crippen molar-refractivity contribution in [2.75, 3.05) is 11.9 Å². The van der Waals surface area contributed by atoms with Gasteiger partial charge in [0.2, 0.25) is 0 Å². The molecule has 30 heavy (non-hydrogen) atoms. The van der Waals surface area contributed by atoms with Crippen LogP contribution in [0.5, 0.6) is 0 Å². The van der Waals surface area contributed by atoms with Gasteiger partial charge in [-0.15, -0.1) is 0 Å². The number of aliphatic imine (C=N–C) groups is 1. The monoisotopic (exact) mass is 425 g/mol. The molecule has 2 N–H and O–H groups in total. The highest BCUT2D eigenvalue weighted by Crippen LogP contribution is 2.23. The summed E-state index contributed by atoms with van der Waals surface area (Å²) in [6.45, 7) is 0.658. The maximum Gasteiger partial charge on any atom is 0.262 e. The summed E-state index contributed by atoms with van der Waals surface area (Å²) < 4.78 is 27.9. The van der Waals surface area contributed by atoms with Crippen LogP contribution in [0.25, 0.3) is 0 Å². The Labute approximate surface area is 177 Å². The zero-order valence-corrected chi connectivity index (χ0v) is 17.8. The van der Waals surface area contributed by atoms with Crippen molar-refractivity contribution in [2.45, 2.75) is 56.3 Å². The molecule has 7 heteroatoms. The third-order valence-electron chi connectivity index (χ3n) is 5.66. The number of carbonyl (C=O) groups excluding carboxylic acids is 1. The van der Waals surface area contributed by atoms with Gasteiger partial charge in [0, 0.05) is 24.2 Å². The molecule has 0 bridgehead atoms. The van der Waals surface area contributed by atoms with Crippen molar-refractivity contribution in [1.82, 2.24) is 4.72 Å². The lowest BCUT2D eigenvalue weighted by Crippen LogP contribution is -2.30. The molecule has 2 aromatic rings. The number of amides is 1. The SMILES string of the molecule is O=C(Nc1ccc(S(=O)(=O)NC2=NCCCCC2)cc1)c1ccc2c(c1)CCCC2. The van der Waals surface area contributed by atoms with E-state index in [1.165, 1.54) is 29.7 Å². The van der Waals surface area contributed by atoms with E-state index in [0.717, 1.165) is 38.5 Å². The number of aryl methyl sites for hydroxylation is 2. The first-order chi connectivity index (χ1) is 14.5. The fourth-order valence-electron chi connectivity index (χ4n) is 3.97. The molecule has 1 aliphatic carbocycles. The van der Waals surface area contributed by atoms with E-state index in [0.29, 0.717) is 30.1 Å². The molecule has 6 nitrogen and oxygen atoms in total. The van der Waals surface area contributed by atoms with Crippen molar-refractivity contribution >= 4 is 27.5 Å². The Morgan fingerprint density at radius 3 is 2.37 bits per heavy atom. The molecule has 158 valence electrons. The van der Waals surface area contributed by atoms with E-state index in [1.54, 1.807) is 12.1 Å². The third-order valence-corrected chi connectivity index (χ3v) is 7.06. The topological polar surface area (TPSA) is 87.6 Å². The second-order valence-electron chi connectivity index (χ2n) is 7.91. The molecular weight excluding hydrogens is 398 g/mol. The molecule has 1 amide bonds. The van der Waals surface area contributed by atoms with Gasteiger partial charge in [-0.05, 0) is 86.1 Å². The number of carbonyl (C=O) groups is 1. The molecule has 1 aliphatic heterocycles. The average Bonchev–Trinajstić information content (AvgIpc) is 3.02. The number of anilines is 1. The van der Waals surface area contributed by atoms with Crippen molar-refractivity contribution in [1.29, 1.82) is 0 Å². The van der Waals surface area contributed by atoms with Crippen LogP contribution < -0.4 is 10.0 Å². The Balaban J connectivity index is 1.43. The minimum atomic E-state index is -3.68. The van der Waals surface area contributed by atoms with E-state index in [1.807, 2.05) is 18.2 Å². The van der Waals surface area contributed by atoms with E-state index in [9.17, 15) is 13.2 Å². The van der Waals surface area contributed by atoms with Gasteiger partial charge in [-0.2, -0.15) is 0 Å². The van der Waals surface area contributed by atoms with Gasteiger partial charge in [-0.3, -0.25) is 14.5 Å². The predicted molar refractivity (Wildman–Crippen MR) is 119 cm³/mol. The molecule has 1 heterocycles. The zero-order chi connectivity index (χ0) is 21.0. The maximum atomic E-state index is 12.6. The summed E-state index contributed by atoms with van der Waals surface area (Å²) in [4.78, 5) is 17.1. The van der Waals surface area contributed by atoms with Crippen LogP contribution in [0.3, 0.4) is 0 Å².